The molecule has 0 saturated heterocycles. The Kier molecular flexibility index (Phi) is 5.58. The van der Waals surface area contributed by atoms with Crippen LogP contribution in [-0.2, 0) is 9.53 Å². The zero-order chi connectivity index (χ0) is 17.0. The van der Waals surface area contributed by atoms with Gasteiger partial charge in [-0.2, -0.15) is 0 Å². The predicted octanol–water partition coefficient (Wildman–Crippen LogP) is 3.88. The van der Waals surface area contributed by atoms with Gasteiger partial charge in [0.2, 0.25) is 0 Å². The lowest BCUT2D eigenvalue weighted by Crippen LogP contribution is -2.30. The molecule has 0 aliphatic heterocycles. The third-order valence-electron chi connectivity index (χ3n) is 3.14. The van der Waals surface area contributed by atoms with Crippen LogP contribution in [0.5, 0.6) is 0 Å². The van der Waals surface area contributed by atoms with Crippen LogP contribution in [0, 0.1) is 6.92 Å². The Balaban J connectivity index is 2.02. The van der Waals surface area contributed by atoms with Crippen LogP contribution in [-0.4, -0.2) is 23.0 Å². The van der Waals surface area contributed by atoms with E-state index < -0.39 is 18.0 Å². The van der Waals surface area contributed by atoms with Crippen LogP contribution in [0.15, 0.2) is 36.5 Å². The van der Waals surface area contributed by atoms with Crippen LogP contribution in [0.1, 0.15) is 22.8 Å². The van der Waals surface area contributed by atoms with E-state index in [0.29, 0.717) is 10.7 Å². The molecule has 1 heterocycles. The molecular formula is C16H14Cl2N2O3. The summed E-state index contributed by atoms with van der Waals surface area (Å²) < 4.78 is 5.13. The minimum atomic E-state index is -0.979. The van der Waals surface area contributed by atoms with Gasteiger partial charge in [-0.05, 0) is 43.7 Å². The fraction of sp³-hybridized carbons (Fsp3) is 0.188. The first kappa shape index (κ1) is 17.2. The maximum Gasteiger partial charge on any atom is 0.339 e. The summed E-state index contributed by atoms with van der Waals surface area (Å²) in [6.45, 7) is 3.27. The van der Waals surface area contributed by atoms with Crippen molar-refractivity contribution in [2.24, 2.45) is 0 Å². The van der Waals surface area contributed by atoms with Gasteiger partial charge >= 0.3 is 5.97 Å². The minimum Gasteiger partial charge on any atom is -0.449 e. The minimum absolute atomic E-state index is 0.172. The summed E-state index contributed by atoms with van der Waals surface area (Å²) in [4.78, 5) is 27.9. The van der Waals surface area contributed by atoms with Crippen molar-refractivity contribution in [2.75, 3.05) is 5.32 Å². The first-order valence-electron chi connectivity index (χ1n) is 6.77. The summed E-state index contributed by atoms with van der Waals surface area (Å²) in [6.07, 6.45) is 0.409. The second-order valence-corrected chi connectivity index (χ2v) is 5.61. The number of aromatic nitrogens is 1. The highest BCUT2D eigenvalue weighted by Gasteiger charge is 2.20. The van der Waals surface area contributed by atoms with Gasteiger partial charge in [-0.25, -0.2) is 9.78 Å². The molecule has 23 heavy (non-hydrogen) atoms. The Morgan fingerprint density at radius 2 is 2.00 bits per heavy atom. The van der Waals surface area contributed by atoms with Crippen molar-refractivity contribution in [1.29, 1.82) is 0 Å². The standard InChI is InChI=1S/C16H14Cl2N2O3/c1-9-12(17)4-3-5-13(9)20-15(21)10(2)23-16(22)11-6-7-19-14(18)8-11/h3-8,10H,1-2H3,(H,20,21). The molecule has 0 aliphatic rings. The Bertz CT molecular complexity index is 750. The maximum atomic E-state index is 12.1. The van der Waals surface area contributed by atoms with Crippen molar-refractivity contribution < 1.29 is 14.3 Å². The number of hydrogen-bond donors (Lipinski definition) is 1. The van der Waals surface area contributed by atoms with Crippen LogP contribution in [0.25, 0.3) is 0 Å². The topological polar surface area (TPSA) is 68.3 Å². The number of rotatable bonds is 4. The number of anilines is 1. The summed E-state index contributed by atoms with van der Waals surface area (Å²) in [5.41, 5.74) is 1.53. The Hall–Kier alpha value is -2.11. The van der Waals surface area contributed by atoms with E-state index in [1.54, 1.807) is 25.1 Å². The number of ether oxygens (including phenoxy) is 1. The number of benzene rings is 1. The summed E-state index contributed by atoms with van der Waals surface area (Å²) in [5, 5.41) is 3.39. The first-order valence-corrected chi connectivity index (χ1v) is 7.52. The molecule has 1 aromatic heterocycles. The van der Waals surface area contributed by atoms with E-state index in [1.165, 1.54) is 25.3 Å². The molecule has 1 N–H and O–H groups in total. The number of esters is 1. The van der Waals surface area contributed by atoms with Crippen LogP contribution < -0.4 is 5.32 Å². The highest BCUT2D eigenvalue weighted by molar-refractivity contribution is 6.31. The summed E-state index contributed by atoms with van der Waals surface area (Å²) in [5.74, 6) is -1.11. The number of carbonyl (C=O) groups is 2. The normalized spacial score (nSPS) is 11.7. The highest BCUT2D eigenvalue weighted by Crippen LogP contribution is 2.23. The molecule has 0 spiro atoms. The number of amides is 1. The molecule has 1 atom stereocenters. The lowest BCUT2D eigenvalue weighted by atomic mass is 10.2. The monoisotopic (exact) mass is 352 g/mol. The zero-order valence-electron chi connectivity index (χ0n) is 12.5. The molecular weight excluding hydrogens is 339 g/mol. The van der Waals surface area contributed by atoms with Crippen LogP contribution in [0.3, 0.4) is 0 Å². The van der Waals surface area contributed by atoms with Gasteiger partial charge < -0.3 is 10.1 Å². The quantitative estimate of drug-likeness (QED) is 0.669. The van der Waals surface area contributed by atoms with E-state index in [-0.39, 0.29) is 10.7 Å². The van der Waals surface area contributed by atoms with E-state index in [0.717, 1.165) is 5.56 Å². The van der Waals surface area contributed by atoms with Crippen LogP contribution in [0.2, 0.25) is 10.2 Å². The maximum absolute atomic E-state index is 12.1. The molecule has 0 radical (unpaired) electrons. The van der Waals surface area contributed by atoms with Gasteiger partial charge in [0.05, 0.1) is 5.56 Å². The van der Waals surface area contributed by atoms with Crippen molar-refractivity contribution in [1.82, 2.24) is 4.98 Å². The number of nitrogens with zero attached hydrogens (tertiary/aromatic N) is 1. The average molecular weight is 353 g/mol. The lowest BCUT2D eigenvalue weighted by molar-refractivity contribution is -0.123. The van der Waals surface area contributed by atoms with E-state index in [1.807, 2.05) is 0 Å². The van der Waals surface area contributed by atoms with Crippen molar-refractivity contribution in [3.8, 4) is 0 Å². The molecule has 0 fully saturated rings. The molecule has 0 aliphatic carbocycles. The average Bonchev–Trinajstić information content (AvgIpc) is 2.51. The summed E-state index contributed by atoms with van der Waals surface area (Å²) >= 11 is 11.7. The van der Waals surface area contributed by atoms with E-state index in [9.17, 15) is 9.59 Å². The molecule has 120 valence electrons. The molecule has 5 nitrogen and oxygen atoms in total. The van der Waals surface area contributed by atoms with Crippen molar-refractivity contribution in [2.45, 2.75) is 20.0 Å². The SMILES string of the molecule is Cc1c(Cl)cccc1NC(=O)C(C)OC(=O)c1ccnc(Cl)c1. The van der Waals surface area contributed by atoms with Gasteiger partial charge in [0.1, 0.15) is 5.15 Å². The van der Waals surface area contributed by atoms with Gasteiger partial charge in [0.15, 0.2) is 6.10 Å². The van der Waals surface area contributed by atoms with E-state index in [4.69, 9.17) is 27.9 Å². The highest BCUT2D eigenvalue weighted by atomic mass is 35.5. The molecule has 0 bridgehead atoms. The zero-order valence-corrected chi connectivity index (χ0v) is 14.0. The third kappa shape index (κ3) is 4.43. The number of hydrogen-bond acceptors (Lipinski definition) is 4. The fourth-order valence-corrected chi connectivity index (χ4v) is 2.14. The molecule has 0 saturated carbocycles. The van der Waals surface area contributed by atoms with E-state index >= 15 is 0 Å². The molecule has 1 aromatic carbocycles. The number of halogens is 2. The summed E-state index contributed by atoms with van der Waals surface area (Å²) in [6, 6.07) is 8.00. The molecule has 1 amide bonds. The molecule has 2 aromatic rings. The van der Waals surface area contributed by atoms with Gasteiger partial charge in [0.25, 0.3) is 5.91 Å². The number of nitrogens with one attached hydrogen (secondary N) is 1. The Labute approximate surface area is 143 Å². The lowest BCUT2D eigenvalue weighted by Gasteiger charge is -2.15. The van der Waals surface area contributed by atoms with Gasteiger partial charge in [-0.1, -0.05) is 29.3 Å². The second-order valence-electron chi connectivity index (χ2n) is 4.82. The summed E-state index contributed by atoms with van der Waals surface area (Å²) in [7, 11) is 0. The largest absolute Gasteiger partial charge is 0.449 e. The van der Waals surface area contributed by atoms with Crippen molar-refractivity contribution in [3.63, 3.8) is 0 Å². The van der Waals surface area contributed by atoms with Gasteiger partial charge in [-0.3, -0.25) is 4.79 Å². The van der Waals surface area contributed by atoms with Gasteiger partial charge in [-0.15, -0.1) is 0 Å². The fourth-order valence-electron chi connectivity index (χ4n) is 1.79. The van der Waals surface area contributed by atoms with Crippen molar-refractivity contribution >= 4 is 40.8 Å². The van der Waals surface area contributed by atoms with Crippen LogP contribution in [0.4, 0.5) is 5.69 Å². The smallest absolute Gasteiger partial charge is 0.339 e. The van der Waals surface area contributed by atoms with E-state index in [2.05, 4.69) is 10.3 Å². The van der Waals surface area contributed by atoms with Gasteiger partial charge in [0, 0.05) is 16.9 Å². The molecule has 2 rings (SSSR count). The molecule has 1 unspecified atom stereocenters. The number of pyridine rings is 1. The van der Waals surface area contributed by atoms with Crippen LogP contribution >= 0.6 is 23.2 Å². The Morgan fingerprint density at radius 1 is 1.26 bits per heavy atom. The second kappa shape index (κ2) is 7.44. The van der Waals surface area contributed by atoms with Crippen molar-refractivity contribution in [3.05, 3.63) is 57.8 Å². The Morgan fingerprint density at radius 3 is 2.70 bits per heavy atom. The first-order chi connectivity index (χ1) is 10.9. The number of carbonyl (C=O) groups excluding carboxylic acids is 2. The predicted molar refractivity (Wildman–Crippen MR) is 88.9 cm³/mol. The third-order valence-corrected chi connectivity index (χ3v) is 3.76. The molecule has 7 heteroatoms.